The third-order valence-corrected chi connectivity index (χ3v) is 3.39. The summed E-state index contributed by atoms with van der Waals surface area (Å²) < 4.78 is 5.32. The zero-order valence-electron chi connectivity index (χ0n) is 11.0. The summed E-state index contributed by atoms with van der Waals surface area (Å²) in [4.78, 5) is 12.8. The number of aliphatic carboxylic acids is 1. The van der Waals surface area contributed by atoms with Crippen molar-refractivity contribution in [2.75, 3.05) is 6.54 Å². The molecule has 20 heavy (non-hydrogen) atoms. The van der Waals surface area contributed by atoms with E-state index in [1.165, 1.54) is 0 Å². The van der Waals surface area contributed by atoms with E-state index < -0.39 is 5.97 Å². The van der Waals surface area contributed by atoms with Crippen LogP contribution in [-0.4, -0.2) is 33.7 Å². The second kappa shape index (κ2) is 5.46. The molecule has 0 atom stereocenters. The Morgan fingerprint density at radius 3 is 2.75 bits per heavy atom. The molecule has 0 amide bonds. The van der Waals surface area contributed by atoms with Crippen LogP contribution in [0.3, 0.4) is 0 Å². The summed E-state index contributed by atoms with van der Waals surface area (Å²) in [5.41, 5.74) is 1.78. The van der Waals surface area contributed by atoms with Crippen LogP contribution in [0.25, 0.3) is 11.3 Å². The molecule has 0 bridgehead atoms. The number of hydrogen-bond donors (Lipinski definition) is 1. The molecule has 5 heteroatoms. The van der Waals surface area contributed by atoms with Crippen molar-refractivity contribution in [1.82, 2.24) is 10.1 Å². The first-order valence-corrected chi connectivity index (χ1v) is 6.69. The van der Waals surface area contributed by atoms with E-state index in [0.29, 0.717) is 18.3 Å². The van der Waals surface area contributed by atoms with E-state index in [9.17, 15) is 4.79 Å². The predicted molar refractivity (Wildman–Crippen MR) is 73.0 cm³/mol. The summed E-state index contributed by atoms with van der Waals surface area (Å²) in [5, 5.41) is 13.0. The van der Waals surface area contributed by atoms with Gasteiger partial charge in [0.15, 0.2) is 5.76 Å². The van der Waals surface area contributed by atoms with E-state index in [4.69, 9.17) is 9.63 Å². The van der Waals surface area contributed by atoms with Crippen LogP contribution < -0.4 is 0 Å². The average molecular weight is 272 g/mol. The van der Waals surface area contributed by atoms with E-state index in [1.54, 1.807) is 0 Å². The van der Waals surface area contributed by atoms with Crippen molar-refractivity contribution in [3.8, 4) is 11.3 Å². The van der Waals surface area contributed by atoms with Gasteiger partial charge in [0.05, 0.1) is 13.1 Å². The number of nitrogens with zero attached hydrogens (tertiary/aromatic N) is 2. The minimum absolute atomic E-state index is 0.0477. The van der Waals surface area contributed by atoms with E-state index in [-0.39, 0.29) is 6.54 Å². The first-order valence-electron chi connectivity index (χ1n) is 6.69. The van der Waals surface area contributed by atoms with Gasteiger partial charge in [0.2, 0.25) is 0 Å². The Balaban J connectivity index is 1.71. The topological polar surface area (TPSA) is 66.6 Å². The number of carboxylic acids is 1. The summed E-state index contributed by atoms with van der Waals surface area (Å²) in [6, 6.07) is 12.0. The number of benzene rings is 1. The van der Waals surface area contributed by atoms with E-state index in [1.807, 2.05) is 41.3 Å². The Morgan fingerprint density at radius 1 is 1.35 bits per heavy atom. The Hall–Kier alpha value is -2.14. The summed E-state index contributed by atoms with van der Waals surface area (Å²) in [7, 11) is 0. The number of hydrogen-bond acceptors (Lipinski definition) is 4. The third kappa shape index (κ3) is 3.05. The molecule has 1 aromatic heterocycles. The van der Waals surface area contributed by atoms with Crippen molar-refractivity contribution < 1.29 is 14.4 Å². The summed E-state index contributed by atoms with van der Waals surface area (Å²) >= 11 is 0. The van der Waals surface area contributed by atoms with Gasteiger partial charge in [0.25, 0.3) is 0 Å². The molecule has 1 aromatic carbocycles. The number of carboxylic acid groups (broad SMARTS) is 1. The van der Waals surface area contributed by atoms with E-state index >= 15 is 0 Å². The molecule has 104 valence electrons. The maximum absolute atomic E-state index is 10.9. The van der Waals surface area contributed by atoms with Gasteiger partial charge in [-0.25, -0.2) is 0 Å². The molecule has 5 nitrogen and oxygen atoms in total. The molecule has 3 rings (SSSR count). The zero-order valence-corrected chi connectivity index (χ0v) is 11.0. The normalized spacial score (nSPS) is 14.7. The molecule has 1 saturated carbocycles. The van der Waals surface area contributed by atoms with Gasteiger partial charge in [0.1, 0.15) is 5.69 Å². The summed E-state index contributed by atoms with van der Waals surface area (Å²) in [5.74, 6) is -0.100. The van der Waals surface area contributed by atoms with Crippen LogP contribution in [0.1, 0.15) is 18.6 Å². The predicted octanol–water partition coefficient (Wildman–Crippen LogP) is 2.39. The Bertz CT molecular complexity index is 590. The highest BCUT2D eigenvalue weighted by Crippen LogP contribution is 2.28. The molecule has 0 spiro atoms. The van der Waals surface area contributed by atoms with Gasteiger partial charge in [0, 0.05) is 17.7 Å². The lowest BCUT2D eigenvalue weighted by Gasteiger charge is -2.17. The van der Waals surface area contributed by atoms with Crippen LogP contribution in [0.2, 0.25) is 0 Å². The average Bonchev–Trinajstić information content (AvgIpc) is 3.19. The second-order valence-electron chi connectivity index (χ2n) is 5.07. The lowest BCUT2D eigenvalue weighted by Crippen LogP contribution is -2.31. The second-order valence-corrected chi connectivity index (χ2v) is 5.07. The highest BCUT2D eigenvalue weighted by atomic mass is 16.5. The molecule has 2 aromatic rings. The largest absolute Gasteiger partial charge is 0.480 e. The fraction of sp³-hybridized carbons (Fsp3) is 0.333. The monoisotopic (exact) mass is 272 g/mol. The van der Waals surface area contributed by atoms with Crippen molar-refractivity contribution in [3.63, 3.8) is 0 Å². The van der Waals surface area contributed by atoms with Crippen LogP contribution in [0, 0.1) is 0 Å². The van der Waals surface area contributed by atoms with Gasteiger partial charge in [-0.05, 0) is 12.8 Å². The number of rotatable bonds is 6. The highest BCUT2D eigenvalue weighted by molar-refractivity contribution is 5.69. The van der Waals surface area contributed by atoms with E-state index in [0.717, 1.165) is 24.1 Å². The summed E-state index contributed by atoms with van der Waals surface area (Å²) in [6.45, 7) is 0.544. The molecule has 1 aliphatic rings. The molecular formula is C15H16N2O3. The summed E-state index contributed by atoms with van der Waals surface area (Å²) in [6.07, 6.45) is 2.12. The van der Waals surface area contributed by atoms with Gasteiger partial charge in [-0.1, -0.05) is 35.5 Å². The molecule has 0 unspecified atom stereocenters. The Kier molecular flexibility index (Phi) is 3.52. The van der Waals surface area contributed by atoms with Gasteiger partial charge in [-0.3, -0.25) is 9.69 Å². The molecule has 1 aliphatic carbocycles. The van der Waals surface area contributed by atoms with Crippen LogP contribution >= 0.6 is 0 Å². The molecule has 1 N–H and O–H groups in total. The smallest absolute Gasteiger partial charge is 0.317 e. The first kappa shape index (κ1) is 12.9. The minimum atomic E-state index is -0.806. The zero-order chi connectivity index (χ0) is 13.9. The minimum Gasteiger partial charge on any atom is -0.480 e. The highest BCUT2D eigenvalue weighted by Gasteiger charge is 2.31. The number of carbonyl (C=O) groups is 1. The van der Waals surface area contributed by atoms with Crippen molar-refractivity contribution in [3.05, 3.63) is 42.2 Å². The molecule has 0 saturated heterocycles. The molecule has 1 heterocycles. The quantitative estimate of drug-likeness (QED) is 0.874. The maximum Gasteiger partial charge on any atom is 0.317 e. The SMILES string of the molecule is O=C(O)CN(Cc1cc(-c2ccccc2)no1)C1CC1. The van der Waals surface area contributed by atoms with Crippen molar-refractivity contribution >= 4 is 5.97 Å². The fourth-order valence-corrected chi connectivity index (χ4v) is 2.26. The third-order valence-electron chi connectivity index (χ3n) is 3.39. The van der Waals surface area contributed by atoms with Crippen LogP contribution in [0.4, 0.5) is 0 Å². The fourth-order valence-electron chi connectivity index (χ4n) is 2.26. The van der Waals surface area contributed by atoms with Gasteiger partial charge in [-0.2, -0.15) is 0 Å². The molecular weight excluding hydrogens is 256 g/mol. The lowest BCUT2D eigenvalue weighted by atomic mass is 10.1. The Labute approximate surface area is 116 Å². The number of aromatic nitrogens is 1. The molecule has 0 aliphatic heterocycles. The molecule has 1 fully saturated rings. The van der Waals surface area contributed by atoms with Crippen molar-refractivity contribution in [2.45, 2.75) is 25.4 Å². The van der Waals surface area contributed by atoms with Crippen LogP contribution in [0.15, 0.2) is 40.9 Å². The van der Waals surface area contributed by atoms with E-state index in [2.05, 4.69) is 5.16 Å². The van der Waals surface area contributed by atoms with Crippen molar-refractivity contribution in [2.24, 2.45) is 0 Å². The van der Waals surface area contributed by atoms with Gasteiger partial charge >= 0.3 is 5.97 Å². The molecule has 0 radical (unpaired) electrons. The Morgan fingerprint density at radius 2 is 2.10 bits per heavy atom. The standard InChI is InChI=1S/C15H16N2O3/c18-15(19)10-17(12-6-7-12)9-13-8-14(16-20-13)11-4-2-1-3-5-11/h1-5,8,12H,6-7,9-10H2,(H,18,19). The first-order chi connectivity index (χ1) is 9.72. The maximum atomic E-state index is 10.9. The van der Waals surface area contributed by atoms with Crippen molar-refractivity contribution in [1.29, 1.82) is 0 Å². The van der Waals surface area contributed by atoms with Gasteiger partial charge in [-0.15, -0.1) is 0 Å². The van der Waals surface area contributed by atoms with Crippen LogP contribution in [-0.2, 0) is 11.3 Å². The van der Waals surface area contributed by atoms with Crippen LogP contribution in [0.5, 0.6) is 0 Å². The van der Waals surface area contributed by atoms with Gasteiger partial charge < -0.3 is 9.63 Å². The lowest BCUT2D eigenvalue weighted by molar-refractivity contribution is -0.138.